The van der Waals surface area contributed by atoms with Crippen LogP contribution in [0.3, 0.4) is 0 Å². The van der Waals surface area contributed by atoms with Crippen molar-refractivity contribution in [3.05, 3.63) is 53.6 Å². The molecule has 1 fully saturated rings. The molecule has 1 aliphatic heterocycles. The van der Waals surface area contributed by atoms with Gasteiger partial charge in [0.1, 0.15) is 0 Å². The Bertz CT molecular complexity index is 1090. The molecule has 0 saturated carbocycles. The van der Waals surface area contributed by atoms with Gasteiger partial charge in [0.05, 0.1) is 26.2 Å². The Morgan fingerprint density at radius 1 is 0.875 bits per heavy atom. The van der Waals surface area contributed by atoms with E-state index in [2.05, 4.69) is 0 Å². The lowest BCUT2D eigenvalue weighted by Crippen LogP contribution is -2.50. The highest BCUT2D eigenvalue weighted by Gasteiger charge is 2.29. The summed E-state index contributed by atoms with van der Waals surface area (Å²) in [5.41, 5.74) is 1.66. The van der Waals surface area contributed by atoms with E-state index in [-0.39, 0.29) is 23.9 Å². The molecule has 2 aromatic rings. The molecule has 0 aromatic heterocycles. The minimum Gasteiger partial charge on any atom is -0.493 e. The Hall–Kier alpha value is -3.04. The van der Waals surface area contributed by atoms with Gasteiger partial charge in [-0.15, -0.1) is 0 Å². The summed E-state index contributed by atoms with van der Waals surface area (Å²) in [5.74, 6) is 1.23. The van der Waals surface area contributed by atoms with E-state index >= 15 is 0 Å². The van der Waals surface area contributed by atoms with E-state index in [0.717, 1.165) is 5.56 Å². The molecule has 3 rings (SSSR count). The number of sulfonamides is 1. The minimum absolute atomic E-state index is 0.200. The predicted octanol–water partition coefficient (Wildman–Crippen LogP) is 2.57. The van der Waals surface area contributed by atoms with Crippen LogP contribution in [-0.2, 0) is 14.8 Å². The number of aryl methyl sites for hydroxylation is 1. The van der Waals surface area contributed by atoms with E-state index in [4.69, 9.17) is 14.2 Å². The summed E-state index contributed by atoms with van der Waals surface area (Å²) in [7, 11) is 1.00. The van der Waals surface area contributed by atoms with Gasteiger partial charge in [0.2, 0.25) is 21.7 Å². The molecule has 32 heavy (non-hydrogen) atoms. The fraction of sp³-hybridized carbons (Fsp3) is 0.348. The van der Waals surface area contributed by atoms with Crippen molar-refractivity contribution in [2.45, 2.75) is 11.8 Å². The van der Waals surface area contributed by atoms with Gasteiger partial charge >= 0.3 is 0 Å². The van der Waals surface area contributed by atoms with Crippen LogP contribution in [0.15, 0.2) is 47.4 Å². The molecule has 2 aromatic carbocycles. The van der Waals surface area contributed by atoms with E-state index in [0.29, 0.717) is 35.9 Å². The summed E-state index contributed by atoms with van der Waals surface area (Å²) in [6.45, 7) is 3.03. The third kappa shape index (κ3) is 4.89. The van der Waals surface area contributed by atoms with Gasteiger partial charge in [-0.3, -0.25) is 4.79 Å². The van der Waals surface area contributed by atoms with Crippen LogP contribution < -0.4 is 14.2 Å². The lowest BCUT2D eigenvalue weighted by molar-refractivity contribution is -0.127. The number of rotatable bonds is 7. The van der Waals surface area contributed by atoms with Gasteiger partial charge < -0.3 is 19.1 Å². The van der Waals surface area contributed by atoms with Crippen molar-refractivity contribution in [2.24, 2.45) is 0 Å². The first-order valence-corrected chi connectivity index (χ1v) is 11.6. The molecule has 0 atom stereocenters. The zero-order valence-electron chi connectivity index (χ0n) is 18.7. The Kier molecular flexibility index (Phi) is 7.42. The second-order valence-electron chi connectivity index (χ2n) is 7.30. The van der Waals surface area contributed by atoms with Crippen LogP contribution in [0.5, 0.6) is 17.2 Å². The lowest BCUT2D eigenvalue weighted by atomic mass is 10.1. The van der Waals surface area contributed by atoms with E-state index in [1.54, 1.807) is 47.4 Å². The molecular weight excluding hydrogens is 432 g/mol. The third-order valence-electron chi connectivity index (χ3n) is 5.35. The van der Waals surface area contributed by atoms with Gasteiger partial charge in [-0.1, -0.05) is 17.7 Å². The molecule has 1 saturated heterocycles. The lowest BCUT2D eigenvalue weighted by Gasteiger charge is -2.33. The smallest absolute Gasteiger partial charge is 0.246 e. The molecule has 0 radical (unpaired) electrons. The number of methoxy groups -OCH3 is 3. The van der Waals surface area contributed by atoms with Crippen LogP contribution in [0.25, 0.3) is 6.08 Å². The summed E-state index contributed by atoms with van der Waals surface area (Å²) < 4.78 is 43.2. The summed E-state index contributed by atoms with van der Waals surface area (Å²) in [6.07, 6.45) is 3.10. The van der Waals surface area contributed by atoms with E-state index in [9.17, 15) is 13.2 Å². The second kappa shape index (κ2) is 10.1. The molecule has 0 bridgehead atoms. The molecule has 1 amide bonds. The number of hydrogen-bond donors (Lipinski definition) is 0. The van der Waals surface area contributed by atoms with Gasteiger partial charge in [0.25, 0.3) is 0 Å². The molecule has 0 N–H and O–H groups in total. The van der Waals surface area contributed by atoms with Crippen molar-refractivity contribution in [2.75, 3.05) is 47.5 Å². The highest BCUT2D eigenvalue weighted by molar-refractivity contribution is 7.89. The first-order chi connectivity index (χ1) is 15.3. The summed E-state index contributed by atoms with van der Waals surface area (Å²) in [4.78, 5) is 14.6. The highest BCUT2D eigenvalue weighted by atomic mass is 32.2. The number of amides is 1. The number of ether oxygens (including phenoxy) is 3. The summed E-state index contributed by atoms with van der Waals surface area (Å²) in [6, 6.07) is 10.3. The standard InChI is InChI=1S/C23H28N2O6S/c1-17-5-9-19(10-6-17)32(27,28)25-15-13-24(14-16-25)21(26)12-8-18-7-11-20(29-2)23(31-4)22(18)30-3/h5-12H,13-16H2,1-4H3/b12-8+. The molecule has 172 valence electrons. The number of piperazine rings is 1. The van der Waals surface area contributed by atoms with Crippen molar-refractivity contribution >= 4 is 22.0 Å². The van der Waals surface area contributed by atoms with Crippen molar-refractivity contribution in [3.63, 3.8) is 0 Å². The van der Waals surface area contributed by atoms with Gasteiger partial charge in [-0.2, -0.15) is 4.31 Å². The minimum atomic E-state index is -3.57. The van der Waals surface area contributed by atoms with Crippen LogP contribution in [0.4, 0.5) is 0 Å². The molecule has 1 aliphatic rings. The molecule has 8 nitrogen and oxygen atoms in total. The van der Waals surface area contributed by atoms with E-state index < -0.39 is 10.0 Å². The molecule has 0 spiro atoms. The number of hydrogen-bond acceptors (Lipinski definition) is 6. The number of benzene rings is 2. The predicted molar refractivity (Wildman–Crippen MR) is 122 cm³/mol. The van der Waals surface area contributed by atoms with Crippen LogP contribution in [0.2, 0.25) is 0 Å². The van der Waals surface area contributed by atoms with Gasteiger partial charge in [0, 0.05) is 37.8 Å². The normalized spacial score (nSPS) is 15.1. The zero-order valence-corrected chi connectivity index (χ0v) is 19.5. The summed E-state index contributed by atoms with van der Waals surface area (Å²) in [5, 5.41) is 0. The fourth-order valence-corrected chi connectivity index (χ4v) is 4.95. The third-order valence-corrected chi connectivity index (χ3v) is 7.26. The molecule has 9 heteroatoms. The van der Waals surface area contributed by atoms with Crippen molar-refractivity contribution in [1.29, 1.82) is 0 Å². The van der Waals surface area contributed by atoms with Gasteiger partial charge in [-0.05, 0) is 37.3 Å². The molecular formula is C23H28N2O6S. The highest BCUT2D eigenvalue weighted by Crippen LogP contribution is 2.40. The number of nitrogens with zero attached hydrogens (tertiary/aromatic N) is 2. The Morgan fingerprint density at radius 2 is 1.50 bits per heavy atom. The first kappa shape index (κ1) is 23.6. The topological polar surface area (TPSA) is 85.4 Å². The average molecular weight is 461 g/mol. The maximum Gasteiger partial charge on any atom is 0.246 e. The van der Waals surface area contributed by atoms with E-state index in [1.807, 2.05) is 6.92 Å². The van der Waals surface area contributed by atoms with Crippen LogP contribution in [-0.4, -0.2) is 71.0 Å². The van der Waals surface area contributed by atoms with Crippen LogP contribution >= 0.6 is 0 Å². The number of carbonyl (C=O) groups excluding carboxylic acids is 1. The quantitative estimate of drug-likeness (QED) is 0.591. The first-order valence-electron chi connectivity index (χ1n) is 10.1. The maximum absolute atomic E-state index is 12.8. The Morgan fingerprint density at radius 3 is 2.06 bits per heavy atom. The van der Waals surface area contributed by atoms with Crippen molar-refractivity contribution in [3.8, 4) is 17.2 Å². The van der Waals surface area contributed by atoms with E-state index in [1.165, 1.54) is 31.7 Å². The Labute approximate surface area is 189 Å². The van der Waals surface area contributed by atoms with Gasteiger partial charge in [0.15, 0.2) is 11.5 Å². The zero-order chi connectivity index (χ0) is 23.3. The van der Waals surface area contributed by atoms with Crippen LogP contribution in [0.1, 0.15) is 11.1 Å². The Balaban J connectivity index is 1.67. The molecule has 0 unspecified atom stereocenters. The average Bonchev–Trinajstić information content (AvgIpc) is 2.82. The monoisotopic (exact) mass is 460 g/mol. The van der Waals surface area contributed by atoms with Gasteiger partial charge in [-0.25, -0.2) is 8.42 Å². The maximum atomic E-state index is 12.8. The largest absolute Gasteiger partial charge is 0.493 e. The fourth-order valence-electron chi connectivity index (χ4n) is 3.53. The number of carbonyl (C=O) groups is 1. The SMILES string of the molecule is COc1ccc(/C=C/C(=O)N2CCN(S(=O)(=O)c3ccc(C)cc3)CC2)c(OC)c1OC. The summed E-state index contributed by atoms with van der Waals surface area (Å²) >= 11 is 0. The molecule has 0 aliphatic carbocycles. The van der Waals surface area contributed by atoms with Crippen molar-refractivity contribution in [1.82, 2.24) is 9.21 Å². The van der Waals surface area contributed by atoms with Crippen molar-refractivity contribution < 1.29 is 27.4 Å². The van der Waals surface area contributed by atoms with Crippen LogP contribution in [0, 0.1) is 6.92 Å². The second-order valence-corrected chi connectivity index (χ2v) is 9.24. The molecule has 1 heterocycles.